The fourth-order valence-electron chi connectivity index (χ4n) is 4.17. The van der Waals surface area contributed by atoms with Gasteiger partial charge in [0, 0.05) is 27.9 Å². The molecule has 0 amide bonds. The Labute approximate surface area is 192 Å². The van der Waals surface area contributed by atoms with E-state index in [2.05, 4.69) is 0 Å². The summed E-state index contributed by atoms with van der Waals surface area (Å²) in [6.07, 6.45) is 1.28. The molecule has 6 N–H and O–H groups in total. The second-order valence-electron chi connectivity index (χ2n) is 8.69. The van der Waals surface area contributed by atoms with Gasteiger partial charge in [-0.25, -0.2) is 0 Å². The number of benzene rings is 1. The molecule has 8 heteroatoms. The molecule has 186 valence electrons. The minimum Gasteiger partial charge on any atom is -0.507 e. The van der Waals surface area contributed by atoms with Gasteiger partial charge >= 0.3 is 0 Å². The van der Waals surface area contributed by atoms with Crippen LogP contribution in [-0.4, -0.2) is 62.6 Å². The first-order chi connectivity index (χ1) is 14.5. The van der Waals surface area contributed by atoms with E-state index in [-0.39, 0.29) is 75.4 Å². The Balaban J connectivity index is -0.00000127. The van der Waals surface area contributed by atoms with Crippen LogP contribution in [0.1, 0.15) is 70.8 Å². The summed E-state index contributed by atoms with van der Waals surface area (Å²) < 4.78 is 0. The van der Waals surface area contributed by atoms with E-state index in [9.17, 15) is 29.7 Å². The summed E-state index contributed by atoms with van der Waals surface area (Å²) in [5, 5.41) is 37.2. The summed E-state index contributed by atoms with van der Waals surface area (Å²) in [5.41, 5.74) is 2.15. The van der Waals surface area contributed by atoms with Crippen molar-refractivity contribution >= 4 is 17.3 Å². The van der Waals surface area contributed by atoms with Crippen molar-refractivity contribution in [2.24, 2.45) is 17.8 Å². The first-order valence-corrected chi connectivity index (χ1v) is 10.8. The van der Waals surface area contributed by atoms with Crippen LogP contribution in [0, 0.1) is 24.7 Å². The van der Waals surface area contributed by atoms with E-state index in [1.54, 1.807) is 19.9 Å². The highest BCUT2D eigenvalue weighted by atomic mass is 16.3. The van der Waals surface area contributed by atoms with E-state index in [0.717, 1.165) is 11.1 Å². The predicted molar refractivity (Wildman–Crippen MR) is 125 cm³/mol. The van der Waals surface area contributed by atoms with Crippen molar-refractivity contribution in [1.82, 2.24) is 0 Å². The first-order valence-electron chi connectivity index (χ1n) is 10.8. The van der Waals surface area contributed by atoms with Crippen LogP contribution in [0.2, 0.25) is 0 Å². The quantitative estimate of drug-likeness (QED) is 0.411. The number of aliphatic hydroxyl groups excluding tert-OH is 3. The molecular formula is C24H42O8. The molecule has 1 aliphatic rings. The summed E-state index contributed by atoms with van der Waals surface area (Å²) in [6, 6.07) is 3.31. The Morgan fingerprint density at radius 1 is 1.19 bits per heavy atom. The van der Waals surface area contributed by atoms with Crippen molar-refractivity contribution in [1.29, 1.82) is 0 Å². The zero-order valence-electron chi connectivity index (χ0n) is 19.4. The fourth-order valence-corrected chi connectivity index (χ4v) is 4.17. The SMILES string of the molecule is CC(=O)CC(=O)C(CO)C(CCO)CC1CC(=O)c2c(O)ccc(C)c2C1.CC(C)O.O.[HH].[HH]. The monoisotopic (exact) mass is 458 g/mol. The molecule has 0 aliphatic heterocycles. The van der Waals surface area contributed by atoms with E-state index in [1.807, 2.05) is 6.92 Å². The van der Waals surface area contributed by atoms with Crippen LogP contribution in [0.25, 0.3) is 0 Å². The molecule has 0 aromatic heterocycles. The number of phenols is 1. The molecule has 0 spiro atoms. The molecular weight excluding hydrogens is 416 g/mol. The average molecular weight is 459 g/mol. The molecule has 0 saturated carbocycles. The molecule has 32 heavy (non-hydrogen) atoms. The highest BCUT2D eigenvalue weighted by Crippen LogP contribution is 2.37. The lowest BCUT2D eigenvalue weighted by atomic mass is 9.73. The van der Waals surface area contributed by atoms with Gasteiger partial charge in [-0.15, -0.1) is 0 Å². The number of aromatic hydroxyl groups is 1. The third-order valence-electron chi connectivity index (χ3n) is 5.51. The molecule has 0 bridgehead atoms. The van der Waals surface area contributed by atoms with Crippen molar-refractivity contribution in [2.45, 2.75) is 65.9 Å². The smallest absolute Gasteiger partial charge is 0.167 e. The van der Waals surface area contributed by atoms with Gasteiger partial charge in [0.15, 0.2) is 5.78 Å². The molecule has 0 fully saturated rings. The van der Waals surface area contributed by atoms with Gasteiger partial charge in [0.1, 0.15) is 17.3 Å². The number of aliphatic hydroxyl groups is 3. The molecule has 0 saturated heterocycles. The van der Waals surface area contributed by atoms with Crippen LogP contribution in [0.5, 0.6) is 5.75 Å². The summed E-state index contributed by atoms with van der Waals surface area (Å²) >= 11 is 0. The van der Waals surface area contributed by atoms with Crippen LogP contribution in [0.4, 0.5) is 0 Å². The lowest BCUT2D eigenvalue weighted by Crippen LogP contribution is -2.32. The molecule has 3 atom stereocenters. The second kappa shape index (κ2) is 14.1. The Morgan fingerprint density at radius 2 is 1.78 bits per heavy atom. The van der Waals surface area contributed by atoms with Crippen LogP contribution in [0.3, 0.4) is 0 Å². The highest BCUT2D eigenvalue weighted by Gasteiger charge is 2.34. The van der Waals surface area contributed by atoms with Gasteiger partial charge in [-0.2, -0.15) is 0 Å². The Morgan fingerprint density at radius 3 is 2.28 bits per heavy atom. The van der Waals surface area contributed by atoms with Gasteiger partial charge in [0.2, 0.25) is 0 Å². The zero-order valence-corrected chi connectivity index (χ0v) is 19.4. The molecule has 0 heterocycles. The molecule has 2 rings (SSSR count). The zero-order chi connectivity index (χ0) is 23.7. The standard InChI is InChI=1S/C21H28O6.C3H8O.H2O.2H2/c1-12-3-4-18(25)21-16(12)9-14(10-20(21)27)8-15(5-6-22)17(11-23)19(26)7-13(2)24;1-3(2)4;;;/h3-4,14-15,17,22-23,25H,5-11H2,1-2H3;3-4H,1-2H3;1H2;2*1H. The molecule has 0 radical (unpaired) electrons. The van der Waals surface area contributed by atoms with Gasteiger partial charge in [-0.3, -0.25) is 14.4 Å². The van der Waals surface area contributed by atoms with Crippen molar-refractivity contribution in [3.63, 3.8) is 0 Å². The van der Waals surface area contributed by atoms with Crippen LogP contribution in [0.15, 0.2) is 12.1 Å². The maximum absolute atomic E-state index is 12.6. The number of Topliss-reactive ketones (excluding diaryl/α,β-unsaturated/α-hetero) is 3. The number of ketones is 3. The Hall–Kier alpha value is -2.13. The first kappa shape index (κ1) is 29.9. The number of carbonyl (C=O) groups excluding carboxylic acids is 3. The van der Waals surface area contributed by atoms with E-state index >= 15 is 0 Å². The van der Waals surface area contributed by atoms with Crippen LogP contribution in [-0.2, 0) is 16.0 Å². The number of rotatable bonds is 9. The third kappa shape index (κ3) is 8.78. The molecule has 1 aromatic carbocycles. The van der Waals surface area contributed by atoms with E-state index in [4.69, 9.17) is 5.11 Å². The minimum atomic E-state index is -0.720. The molecule has 1 aliphatic carbocycles. The minimum absolute atomic E-state index is 0. The topological polar surface area (TPSA) is 164 Å². The number of hydrogen-bond acceptors (Lipinski definition) is 7. The highest BCUT2D eigenvalue weighted by molar-refractivity contribution is 6.01. The molecule has 8 nitrogen and oxygen atoms in total. The van der Waals surface area contributed by atoms with Crippen molar-refractivity contribution in [3.05, 3.63) is 28.8 Å². The van der Waals surface area contributed by atoms with E-state index < -0.39 is 5.92 Å². The second-order valence-corrected chi connectivity index (χ2v) is 8.69. The third-order valence-corrected chi connectivity index (χ3v) is 5.51. The largest absolute Gasteiger partial charge is 0.507 e. The number of hydrogen-bond donors (Lipinski definition) is 4. The number of phenolic OH excluding ortho intramolecular Hbond substituents is 1. The number of carbonyl (C=O) groups is 3. The Kier molecular flexibility index (Phi) is 13.2. The average Bonchev–Trinajstić information content (AvgIpc) is 2.64. The fraction of sp³-hybridized carbons (Fsp3) is 0.625. The maximum atomic E-state index is 12.6. The predicted octanol–water partition coefficient (Wildman–Crippen LogP) is 2.05. The van der Waals surface area contributed by atoms with Gasteiger partial charge in [0.25, 0.3) is 0 Å². The normalized spacial score (nSPS) is 16.9. The summed E-state index contributed by atoms with van der Waals surface area (Å²) in [6.45, 7) is 6.16. The lowest BCUT2D eigenvalue weighted by Gasteiger charge is -2.31. The van der Waals surface area contributed by atoms with Gasteiger partial charge < -0.3 is 25.9 Å². The maximum Gasteiger partial charge on any atom is 0.167 e. The van der Waals surface area contributed by atoms with Gasteiger partial charge in [-0.1, -0.05) is 6.07 Å². The van der Waals surface area contributed by atoms with Crippen LogP contribution < -0.4 is 0 Å². The molecule has 3 unspecified atom stereocenters. The number of aryl methyl sites for hydroxylation is 1. The summed E-state index contributed by atoms with van der Waals surface area (Å²) in [5.74, 6) is -1.77. The van der Waals surface area contributed by atoms with Crippen LogP contribution >= 0.6 is 0 Å². The van der Waals surface area contributed by atoms with Crippen molar-refractivity contribution in [3.8, 4) is 5.75 Å². The Bertz CT molecular complexity index is 780. The van der Waals surface area contributed by atoms with Gasteiger partial charge in [-0.05, 0) is 76.0 Å². The van der Waals surface area contributed by atoms with Crippen molar-refractivity contribution in [2.75, 3.05) is 13.2 Å². The lowest BCUT2D eigenvalue weighted by molar-refractivity contribution is -0.131. The van der Waals surface area contributed by atoms with E-state index in [1.165, 1.54) is 13.0 Å². The number of fused-ring (bicyclic) bond motifs is 1. The van der Waals surface area contributed by atoms with E-state index in [0.29, 0.717) is 24.8 Å². The summed E-state index contributed by atoms with van der Waals surface area (Å²) in [4.78, 5) is 36.2. The molecule has 1 aromatic rings. The van der Waals surface area contributed by atoms with Gasteiger partial charge in [0.05, 0.1) is 18.6 Å². The van der Waals surface area contributed by atoms with Crippen molar-refractivity contribution < 1.29 is 43.1 Å². The summed E-state index contributed by atoms with van der Waals surface area (Å²) in [7, 11) is 0.